The Labute approximate surface area is 122 Å². The molecule has 0 saturated carbocycles. The molecule has 1 rings (SSSR count). The van der Waals surface area contributed by atoms with Gasteiger partial charge in [-0.15, -0.1) is 0 Å². The fourth-order valence-electron chi connectivity index (χ4n) is 1.90. The van der Waals surface area contributed by atoms with Crippen molar-refractivity contribution in [1.82, 2.24) is 9.88 Å². The van der Waals surface area contributed by atoms with E-state index < -0.39 is 17.7 Å². The van der Waals surface area contributed by atoms with Crippen LogP contribution in [-0.4, -0.2) is 35.4 Å². The standard InChI is InChI=1S/C13H17ClN2O4/c1-5-15-12(18)10(17)9-7(3)8(11(14)16(9)4)13(19)20-6-2/h5-6H2,1-4H3,(H,15,18). The SMILES string of the molecule is CCNC(=O)C(=O)c1c(C)c(C(=O)OCC)c(Cl)n1C. The highest BCUT2D eigenvalue weighted by molar-refractivity contribution is 6.43. The van der Waals surface area contributed by atoms with Gasteiger partial charge < -0.3 is 14.6 Å². The maximum atomic E-state index is 12.1. The molecule has 7 heteroatoms. The Kier molecular flexibility index (Phi) is 5.33. The van der Waals surface area contributed by atoms with Crippen molar-refractivity contribution in [2.75, 3.05) is 13.2 Å². The predicted octanol–water partition coefficient (Wildman–Crippen LogP) is 1.48. The number of esters is 1. The average molecular weight is 301 g/mol. The quantitative estimate of drug-likeness (QED) is 0.507. The molecule has 0 aromatic carbocycles. The van der Waals surface area contributed by atoms with Gasteiger partial charge in [0.1, 0.15) is 10.7 Å². The van der Waals surface area contributed by atoms with Gasteiger partial charge in [0.25, 0.3) is 11.7 Å². The zero-order valence-electron chi connectivity index (χ0n) is 11.9. The summed E-state index contributed by atoms with van der Waals surface area (Å²) in [6, 6.07) is 0. The molecule has 6 nitrogen and oxygen atoms in total. The van der Waals surface area contributed by atoms with Crippen molar-refractivity contribution in [1.29, 1.82) is 0 Å². The zero-order chi connectivity index (χ0) is 15.4. The lowest BCUT2D eigenvalue weighted by Crippen LogP contribution is -2.32. The first-order valence-electron chi connectivity index (χ1n) is 6.21. The van der Waals surface area contributed by atoms with Crippen LogP contribution in [0.2, 0.25) is 5.15 Å². The summed E-state index contributed by atoms with van der Waals surface area (Å²) in [5, 5.41) is 2.50. The molecule has 0 aliphatic heterocycles. The molecule has 1 amide bonds. The van der Waals surface area contributed by atoms with E-state index in [1.807, 2.05) is 0 Å². The van der Waals surface area contributed by atoms with Gasteiger partial charge >= 0.3 is 5.97 Å². The smallest absolute Gasteiger partial charge is 0.341 e. The largest absolute Gasteiger partial charge is 0.462 e. The molecule has 0 unspecified atom stereocenters. The van der Waals surface area contributed by atoms with E-state index >= 15 is 0 Å². The molecule has 0 saturated heterocycles. The number of amides is 1. The van der Waals surface area contributed by atoms with Gasteiger partial charge in [0, 0.05) is 13.6 Å². The molecule has 1 heterocycles. The Morgan fingerprint density at radius 2 is 1.90 bits per heavy atom. The van der Waals surface area contributed by atoms with Crippen LogP contribution in [0.25, 0.3) is 0 Å². The molecule has 1 aromatic heterocycles. The van der Waals surface area contributed by atoms with E-state index in [9.17, 15) is 14.4 Å². The number of carbonyl (C=O) groups excluding carboxylic acids is 3. The van der Waals surface area contributed by atoms with Crippen LogP contribution in [-0.2, 0) is 16.6 Å². The number of nitrogens with zero attached hydrogens (tertiary/aromatic N) is 1. The summed E-state index contributed by atoms with van der Waals surface area (Å²) in [4.78, 5) is 35.5. The Morgan fingerprint density at radius 3 is 2.40 bits per heavy atom. The van der Waals surface area contributed by atoms with Crippen molar-refractivity contribution < 1.29 is 19.1 Å². The van der Waals surface area contributed by atoms with Gasteiger partial charge in [0.15, 0.2) is 0 Å². The summed E-state index contributed by atoms with van der Waals surface area (Å²) in [6.07, 6.45) is 0. The normalized spacial score (nSPS) is 10.2. The van der Waals surface area contributed by atoms with Crippen LogP contribution in [0.3, 0.4) is 0 Å². The minimum absolute atomic E-state index is 0.0774. The van der Waals surface area contributed by atoms with Gasteiger partial charge in [0.05, 0.1) is 12.3 Å². The second kappa shape index (κ2) is 6.56. The molecule has 0 aliphatic rings. The van der Waals surface area contributed by atoms with Crippen LogP contribution in [0.15, 0.2) is 0 Å². The Bertz CT molecular complexity index is 563. The number of Topliss-reactive ketones (excluding diaryl/α,β-unsaturated/α-hetero) is 1. The number of rotatable bonds is 5. The van der Waals surface area contributed by atoms with Crippen LogP contribution in [0, 0.1) is 6.92 Å². The number of likely N-dealkylation sites (N-methyl/N-ethyl adjacent to an activating group) is 1. The number of nitrogens with one attached hydrogen (secondary N) is 1. The van der Waals surface area contributed by atoms with E-state index in [2.05, 4.69) is 5.32 Å². The summed E-state index contributed by atoms with van der Waals surface area (Å²) in [6.45, 7) is 5.48. The van der Waals surface area contributed by atoms with Gasteiger partial charge in [-0.1, -0.05) is 11.6 Å². The Morgan fingerprint density at radius 1 is 1.30 bits per heavy atom. The third kappa shape index (κ3) is 2.85. The van der Waals surface area contributed by atoms with E-state index in [1.54, 1.807) is 20.8 Å². The monoisotopic (exact) mass is 300 g/mol. The van der Waals surface area contributed by atoms with Crippen molar-refractivity contribution in [3.8, 4) is 0 Å². The van der Waals surface area contributed by atoms with Crippen LogP contribution in [0.4, 0.5) is 0 Å². The van der Waals surface area contributed by atoms with Crippen molar-refractivity contribution in [2.24, 2.45) is 7.05 Å². The number of aromatic nitrogens is 1. The summed E-state index contributed by atoms with van der Waals surface area (Å²) >= 11 is 6.05. The highest BCUT2D eigenvalue weighted by atomic mass is 35.5. The lowest BCUT2D eigenvalue weighted by Gasteiger charge is -2.04. The molecule has 0 aliphatic carbocycles. The van der Waals surface area contributed by atoms with Crippen LogP contribution >= 0.6 is 11.6 Å². The molecule has 0 fully saturated rings. The van der Waals surface area contributed by atoms with E-state index in [1.165, 1.54) is 11.6 Å². The number of hydrogen-bond acceptors (Lipinski definition) is 4. The summed E-state index contributed by atoms with van der Waals surface area (Å²) in [5.74, 6) is -2.08. The highest BCUT2D eigenvalue weighted by Crippen LogP contribution is 2.27. The molecule has 0 radical (unpaired) electrons. The van der Waals surface area contributed by atoms with Gasteiger partial charge in [-0.2, -0.15) is 0 Å². The summed E-state index contributed by atoms with van der Waals surface area (Å²) in [7, 11) is 1.52. The molecule has 110 valence electrons. The van der Waals surface area contributed by atoms with Gasteiger partial charge in [-0.3, -0.25) is 9.59 Å². The molecule has 1 N–H and O–H groups in total. The van der Waals surface area contributed by atoms with E-state index in [4.69, 9.17) is 16.3 Å². The molecular formula is C13H17ClN2O4. The van der Waals surface area contributed by atoms with Crippen LogP contribution in [0.5, 0.6) is 0 Å². The molecular weight excluding hydrogens is 284 g/mol. The summed E-state index contributed by atoms with van der Waals surface area (Å²) in [5.41, 5.74) is 0.542. The number of hydrogen-bond donors (Lipinski definition) is 1. The van der Waals surface area contributed by atoms with Gasteiger partial charge in [0.2, 0.25) is 0 Å². The van der Waals surface area contributed by atoms with Gasteiger partial charge in [-0.25, -0.2) is 4.79 Å². The Hall–Kier alpha value is -1.82. The average Bonchev–Trinajstić information content (AvgIpc) is 2.60. The highest BCUT2D eigenvalue weighted by Gasteiger charge is 2.29. The van der Waals surface area contributed by atoms with Crippen LogP contribution < -0.4 is 5.32 Å². The molecule has 0 spiro atoms. The molecule has 0 bridgehead atoms. The van der Waals surface area contributed by atoms with E-state index in [0.29, 0.717) is 12.1 Å². The van der Waals surface area contributed by atoms with E-state index in [0.717, 1.165) is 0 Å². The first-order chi connectivity index (χ1) is 9.36. The lowest BCUT2D eigenvalue weighted by molar-refractivity contribution is -0.116. The second-order valence-electron chi connectivity index (χ2n) is 4.11. The minimum atomic E-state index is -0.733. The minimum Gasteiger partial charge on any atom is -0.462 e. The lowest BCUT2D eigenvalue weighted by atomic mass is 10.1. The number of ether oxygens (including phenoxy) is 1. The topological polar surface area (TPSA) is 77.4 Å². The molecule has 1 aromatic rings. The fraction of sp³-hybridized carbons (Fsp3) is 0.462. The number of carbonyl (C=O) groups is 3. The number of halogens is 1. The van der Waals surface area contributed by atoms with Crippen molar-refractivity contribution in [3.63, 3.8) is 0 Å². The molecule has 0 atom stereocenters. The third-order valence-electron chi connectivity index (χ3n) is 2.80. The third-order valence-corrected chi connectivity index (χ3v) is 3.25. The first-order valence-corrected chi connectivity index (χ1v) is 6.58. The summed E-state index contributed by atoms with van der Waals surface area (Å²) < 4.78 is 6.22. The van der Waals surface area contributed by atoms with Crippen LogP contribution in [0.1, 0.15) is 40.3 Å². The second-order valence-corrected chi connectivity index (χ2v) is 4.47. The number of ketones is 1. The van der Waals surface area contributed by atoms with Crippen molar-refractivity contribution in [3.05, 3.63) is 22.0 Å². The van der Waals surface area contributed by atoms with Crippen molar-refractivity contribution in [2.45, 2.75) is 20.8 Å². The maximum absolute atomic E-state index is 12.1. The van der Waals surface area contributed by atoms with E-state index in [-0.39, 0.29) is 23.0 Å². The van der Waals surface area contributed by atoms with Gasteiger partial charge in [-0.05, 0) is 26.3 Å². The fourth-order valence-corrected chi connectivity index (χ4v) is 2.21. The predicted molar refractivity (Wildman–Crippen MR) is 74.1 cm³/mol. The zero-order valence-corrected chi connectivity index (χ0v) is 12.6. The molecule has 20 heavy (non-hydrogen) atoms. The first kappa shape index (κ1) is 16.2. The maximum Gasteiger partial charge on any atom is 0.341 e. The Balaban J connectivity index is 3.30. The van der Waals surface area contributed by atoms with Crippen molar-refractivity contribution >= 4 is 29.3 Å².